The molecule has 0 saturated carbocycles. The van der Waals surface area contributed by atoms with E-state index in [-0.39, 0.29) is 0 Å². The molecule has 2 aromatic rings. The third kappa shape index (κ3) is 3.51. The second kappa shape index (κ2) is 8.04. The summed E-state index contributed by atoms with van der Waals surface area (Å²) in [5, 5.41) is 5.82. The Morgan fingerprint density at radius 1 is 1.15 bits per heavy atom. The van der Waals surface area contributed by atoms with Crippen molar-refractivity contribution in [2.24, 2.45) is 7.05 Å². The molecule has 0 aliphatic carbocycles. The van der Waals surface area contributed by atoms with Gasteiger partial charge in [0.2, 0.25) is 0 Å². The number of anilines is 2. The molecule has 0 spiro atoms. The van der Waals surface area contributed by atoms with Gasteiger partial charge in [-0.1, -0.05) is 44.4 Å². The number of aromatic nitrogens is 2. The van der Waals surface area contributed by atoms with Crippen LogP contribution >= 0.6 is 11.6 Å². The highest BCUT2D eigenvalue weighted by molar-refractivity contribution is 6.33. The van der Waals surface area contributed by atoms with Crippen LogP contribution in [0, 0.1) is 13.8 Å². The van der Waals surface area contributed by atoms with Gasteiger partial charge in [-0.25, -0.2) is 0 Å². The summed E-state index contributed by atoms with van der Waals surface area (Å²) in [6, 6.07) is 4.29. The quantitative estimate of drug-likeness (QED) is 0.579. The number of nitrogens with zero attached hydrogens (tertiary/aromatic N) is 3. The molecule has 4 heteroatoms. The highest BCUT2D eigenvalue weighted by atomic mass is 35.5. The molecule has 3 rings (SSSR count). The third-order valence-electron chi connectivity index (χ3n) is 5.57. The monoisotopic (exact) mass is 373 g/mol. The topological polar surface area (TPSA) is 21.1 Å². The molecule has 26 heavy (non-hydrogen) atoms. The van der Waals surface area contributed by atoms with Gasteiger partial charge in [0.05, 0.1) is 10.7 Å². The van der Waals surface area contributed by atoms with Gasteiger partial charge in [0, 0.05) is 30.8 Å². The second-order valence-electron chi connectivity index (χ2n) is 7.75. The molecular weight excluding hydrogens is 342 g/mol. The van der Waals surface area contributed by atoms with E-state index in [9.17, 15) is 0 Å². The molecule has 142 valence electrons. The summed E-state index contributed by atoms with van der Waals surface area (Å²) < 4.78 is 2.15. The third-order valence-corrected chi connectivity index (χ3v) is 5.85. The molecule has 0 amide bonds. The first-order chi connectivity index (χ1) is 12.5. The van der Waals surface area contributed by atoms with E-state index in [1.807, 2.05) is 0 Å². The minimum atomic E-state index is 0.612. The highest BCUT2D eigenvalue weighted by Crippen LogP contribution is 2.42. The zero-order valence-electron chi connectivity index (χ0n) is 16.9. The maximum Gasteiger partial charge on any atom is 0.158 e. The molecule has 1 aliphatic heterocycles. The lowest BCUT2D eigenvalue weighted by Gasteiger charge is -2.30. The summed E-state index contributed by atoms with van der Waals surface area (Å²) in [4.78, 5) is 2.36. The first-order valence-electron chi connectivity index (χ1n) is 10.1. The molecule has 0 radical (unpaired) electrons. The Morgan fingerprint density at radius 3 is 2.46 bits per heavy atom. The molecule has 3 nitrogen and oxygen atoms in total. The van der Waals surface area contributed by atoms with Crippen LogP contribution in [0.4, 0.5) is 11.5 Å². The van der Waals surface area contributed by atoms with Crippen LogP contribution in [0.1, 0.15) is 74.3 Å². The van der Waals surface area contributed by atoms with Crippen LogP contribution in [-0.2, 0) is 13.5 Å². The number of benzene rings is 1. The van der Waals surface area contributed by atoms with Crippen LogP contribution in [0.15, 0.2) is 12.1 Å². The first-order valence-corrected chi connectivity index (χ1v) is 10.5. The molecule has 0 fully saturated rings. The van der Waals surface area contributed by atoms with Gasteiger partial charge in [0.15, 0.2) is 5.82 Å². The van der Waals surface area contributed by atoms with E-state index in [4.69, 9.17) is 16.7 Å². The Morgan fingerprint density at radius 2 is 1.85 bits per heavy atom. The standard InChI is InChI=1S/C22H32ClN3/c1-6-9-17(10-7-2)21-18-11-8-12-26(22(18)24-25(21)5)20-16(4)13-15(3)14-19(20)23/h13-14,17H,6-12H2,1-5H3. The smallest absolute Gasteiger partial charge is 0.158 e. The average Bonchev–Trinajstić information content (AvgIpc) is 2.90. The van der Waals surface area contributed by atoms with E-state index in [2.05, 4.69) is 56.5 Å². The van der Waals surface area contributed by atoms with E-state index >= 15 is 0 Å². The molecule has 1 aromatic heterocycles. The number of hydrogen-bond donors (Lipinski definition) is 0. The van der Waals surface area contributed by atoms with Crippen molar-refractivity contribution in [2.45, 2.75) is 72.1 Å². The van der Waals surface area contributed by atoms with Crippen LogP contribution in [0.5, 0.6) is 0 Å². The predicted octanol–water partition coefficient (Wildman–Crippen LogP) is 6.46. The van der Waals surface area contributed by atoms with Crippen LogP contribution in [-0.4, -0.2) is 16.3 Å². The normalized spacial score (nSPS) is 14.2. The minimum Gasteiger partial charge on any atom is -0.323 e. The summed E-state index contributed by atoms with van der Waals surface area (Å²) in [6.45, 7) is 9.81. The maximum atomic E-state index is 6.67. The summed E-state index contributed by atoms with van der Waals surface area (Å²) in [7, 11) is 2.12. The molecule has 0 bridgehead atoms. The van der Waals surface area contributed by atoms with Crippen molar-refractivity contribution in [1.82, 2.24) is 9.78 Å². The number of halogens is 1. The van der Waals surface area contributed by atoms with Gasteiger partial charge in [0.25, 0.3) is 0 Å². The van der Waals surface area contributed by atoms with Crippen molar-refractivity contribution < 1.29 is 0 Å². The Labute approximate surface area is 163 Å². The molecule has 1 aliphatic rings. The zero-order chi connectivity index (χ0) is 18.8. The van der Waals surface area contributed by atoms with Crippen molar-refractivity contribution in [1.29, 1.82) is 0 Å². The molecule has 1 aromatic carbocycles. The fourth-order valence-corrected chi connectivity index (χ4v) is 5.06. The minimum absolute atomic E-state index is 0.612. The van der Waals surface area contributed by atoms with E-state index in [1.54, 1.807) is 0 Å². The summed E-state index contributed by atoms with van der Waals surface area (Å²) in [5.41, 5.74) is 6.47. The lowest BCUT2D eigenvalue weighted by atomic mass is 9.89. The molecule has 0 atom stereocenters. The van der Waals surface area contributed by atoms with Crippen molar-refractivity contribution >= 4 is 23.1 Å². The summed E-state index contributed by atoms with van der Waals surface area (Å²) in [6.07, 6.45) is 7.20. The van der Waals surface area contributed by atoms with Crippen molar-refractivity contribution in [3.8, 4) is 0 Å². The SMILES string of the molecule is CCCC(CCC)c1c2c(nn1C)N(c1c(C)cc(C)cc1Cl)CCC2. The Balaban J connectivity index is 2.08. The Kier molecular flexibility index (Phi) is 5.96. The summed E-state index contributed by atoms with van der Waals surface area (Å²) >= 11 is 6.67. The second-order valence-corrected chi connectivity index (χ2v) is 8.16. The van der Waals surface area contributed by atoms with Gasteiger partial charge < -0.3 is 4.90 Å². The lowest BCUT2D eigenvalue weighted by molar-refractivity contribution is 0.515. The van der Waals surface area contributed by atoms with E-state index in [0.29, 0.717) is 5.92 Å². The number of rotatable bonds is 6. The Hall–Kier alpha value is -1.48. The molecular formula is C22H32ClN3. The van der Waals surface area contributed by atoms with Crippen molar-refractivity contribution in [2.75, 3.05) is 11.4 Å². The highest BCUT2D eigenvalue weighted by Gasteiger charge is 2.30. The fourth-order valence-electron chi connectivity index (χ4n) is 4.64. The van der Waals surface area contributed by atoms with Crippen molar-refractivity contribution in [3.63, 3.8) is 0 Å². The van der Waals surface area contributed by atoms with Gasteiger partial charge >= 0.3 is 0 Å². The van der Waals surface area contributed by atoms with Crippen molar-refractivity contribution in [3.05, 3.63) is 39.5 Å². The van der Waals surface area contributed by atoms with Gasteiger partial charge in [-0.05, 0) is 56.7 Å². The van der Waals surface area contributed by atoms with Gasteiger partial charge in [-0.15, -0.1) is 0 Å². The summed E-state index contributed by atoms with van der Waals surface area (Å²) in [5.74, 6) is 1.74. The van der Waals surface area contributed by atoms with Gasteiger partial charge in [0.1, 0.15) is 0 Å². The molecule has 0 N–H and O–H groups in total. The number of fused-ring (bicyclic) bond motifs is 1. The van der Waals surface area contributed by atoms with E-state index in [1.165, 1.54) is 48.1 Å². The lowest BCUT2D eigenvalue weighted by Crippen LogP contribution is -2.26. The van der Waals surface area contributed by atoms with Crippen LogP contribution in [0.2, 0.25) is 5.02 Å². The van der Waals surface area contributed by atoms with Crippen LogP contribution < -0.4 is 4.90 Å². The van der Waals surface area contributed by atoms with Gasteiger partial charge in [-0.3, -0.25) is 4.68 Å². The predicted molar refractivity (Wildman–Crippen MR) is 112 cm³/mol. The first kappa shape index (κ1) is 19.3. The molecule has 0 unspecified atom stereocenters. The number of hydrogen-bond acceptors (Lipinski definition) is 2. The number of aryl methyl sites for hydroxylation is 3. The average molecular weight is 374 g/mol. The maximum absolute atomic E-state index is 6.67. The zero-order valence-corrected chi connectivity index (χ0v) is 17.7. The Bertz CT molecular complexity index is 749. The van der Waals surface area contributed by atoms with E-state index in [0.717, 1.165) is 35.9 Å². The van der Waals surface area contributed by atoms with Gasteiger partial charge in [-0.2, -0.15) is 5.10 Å². The molecule has 2 heterocycles. The van der Waals surface area contributed by atoms with Crippen LogP contribution in [0.3, 0.4) is 0 Å². The fraction of sp³-hybridized carbons (Fsp3) is 0.591. The largest absolute Gasteiger partial charge is 0.323 e. The van der Waals surface area contributed by atoms with Crippen LogP contribution in [0.25, 0.3) is 0 Å². The molecule has 0 saturated heterocycles. The van der Waals surface area contributed by atoms with E-state index < -0.39 is 0 Å².